The molecule has 0 aliphatic rings. The van der Waals surface area contributed by atoms with Gasteiger partial charge in [-0.05, 0) is 65.1 Å². The summed E-state index contributed by atoms with van der Waals surface area (Å²) in [6.07, 6.45) is 1.06. The third-order valence-corrected chi connectivity index (χ3v) is 6.73. The van der Waals surface area contributed by atoms with Crippen molar-refractivity contribution in [2.75, 3.05) is 22.4 Å². The van der Waals surface area contributed by atoms with E-state index in [-0.39, 0.29) is 11.4 Å². The first-order valence-corrected chi connectivity index (χ1v) is 11.5. The van der Waals surface area contributed by atoms with Crippen molar-refractivity contribution in [2.45, 2.75) is 0 Å². The predicted octanol–water partition coefficient (Wildman–Crippen LogP) is 2.61. The van der Waals surface area contributed by atoms with E-state index < -0.39 is 15.9 Å². The van der Waals surface area contributed by atoms with Crippen LogP contribution in [-0.2, 0) is 21.9 Å². The number of nitrogens with zero attached hydrogens (tertiary/aromatic N) is 2. The van der Waals surface area contributed by atoms with Gasteiger partial charge in [-0.2, -0.15) is 0 Å². The molecule has 0 aliphatic carbocycles. The zero-order valence-corrected chi connectivity index (χ0v) is 18.3. The van der Waals surface area contributed by atoms with Crippen LogP contribution < -0.4 is 14.5 Å². The summed E-state index contributed by atoms with van der Waals surface area (Å²) in [6, 6.07) is 12.0. The van der Waals surface area contributed by atoms with E-state index in [9.17, 15) is 18.0 Å². The third kappa shape index (κ3) is 4.50. The van der Waals surface area contributed by atoms with E-state index in [1.807, 2.05) is 0 Å². The molecule has 0 unspecified atom stereocenters. The maximum absolute atomic E-state index is 12.4. The van der Waals surface area contributed by atoms with Gasteiger partial charge in [0.05, 0.1) is 22.2 Å². The second-order valence-corrected chi connectivity index (χ2v) is 10.0. The van der Waals surface area contributed by atoms with Crippen LogP contribution in [0.3, 0.4) is 0 Å². The van der Waals surface area contributed by atoms with Crippen LogP contribution in [0, 0.1) is 3.57 Å². The number of carbonyl (C=O) groups is 1. The minimum atomic E-state index is -3.63. The number of rotatable bonds is 5. The highest BCUT2D eigenvalue weighted by atomic mass is 127. The number of halogens is 1. The summed E-state index contributed by atoms with van der Waals surface area (Å²) in [7, 11) is -1.94. The lowest BCUT2D eigenvalue weighted by Gasteiger charge is -2.22. The fourth-order valence-corrected chi connectivity index (χ4v) is 4.68. The molecule has 142 valence electrons. The molecule has 3 rings (SSSR count). The molecule has 0 atom stereocenters. The molecule has 10 heteroatoms. The SMILES string of the molecule is Cn1c(=O)sc2cc(NC(=O)CN(c3ccc(I)cc3)S(C)(=O)=O)ccc21. The summed E-state index contributed by atoms with van der Waals surface area (Å²) in [4.78, 5) is 24.1. The predicted molar refractivity (Wildman–Crippen MR) is 117 cm³/mol. The molecule has 0 aliphatic heterocycles. The smallest absolute Gasteiger partial charge is 0.307 e. The lowest BCUT2D eigenvalue weighted by molar-refractivity contribution is -0.114. The molecule has 1 heterocycles. The average Bonchev–Trinajstić information content (AvgIpc) is 2.86. The molecule has 1 amide bonds. The normalized spacial score (nSPS) is 11.5. The number of fused-ring (bicyclic) bond motifs is 1. The molecule has 27 heavy (non-hydrogen) atoms. The Labute approximate surface area is 173 Å². The van der Waals surface area contributed by atoms with Gasteiger partial charge in [0.1, 0.15) is 6.54 Å². The topological polar surface area (TPSA) is 88.5 Å². The van der Waals surface area contributed by atoms with E-state index in [2.05, 4.69) is 27.9 Å². The molecule has 0 saturated carbocycles. The van der Waals surface area contributed by atoms with E-state index in [0.29, 0.717) is 11.4 Å². The van der Waals surface area contributed by atoms with Gasteiger partial charge in [0.2, 0.25) is 15.9 Å². The number of benzene rings is 2. The van der Waals surface area contributed by atoms with Crippen molar-refractivity contribution in [3.63, 3.8) is 0 Å². The molecule has 0 spiro atoms. The molecule has 3 aromatic rings. The van der Waals surface area contributed by atoms with E-state index in [0.717, 1.165) is 35.7 Å². The summed E-state index contributed by atoms with van der Waals surface area (Å²) in [5.74, 6) is -0.471. The number of hydrogen-bond acceptors (Lipinski definition) is 5. The van der Waals surface area contributed by atoms with Crippen molar-refractivity contribution in [3.8, 4) is 0 Å². The quantitative estimate of drug-likeness (QED) is 0.528. The van der Waals surface area contributed by atoms with Gasteiger partial charge in [0, 0.05) is 16.3 Å². The van der Waals surface area contributed by atoms with E-state index in [1.165, 1.54) is 4.57 Å². The second-order valence-electron chi connectivity index (χ2n) is 5.90. The van der Waals surface area contributed by atoms with Crippen molar-refractivity contribution in [1.82, 2.24) is 4.57 Å². The Morgan fingerprint density at radius 2 is 1.89 bits per heavy atom. The fraction of sp³-hybridized carbons (Fsp3) is 0.176. The summed E-state index contributed by atoms with van der Waals surface area (Å²) in [5, 5.41) is 2.70. The first-order valence-electron chi connectivity index (χ1n) is 7.78. The molecule has 0 saturated heterocycles. The van der Waals surface area contributed by atoms with Gasteiger partial charge in [0.15, 0.2) is 0 Å². The van der Waals surface area contributed by atoms with Gasteiger partial charge in [-0.3, -0.25) is 13.9 Å². The van der Waals surface area contributed by atoms with E-state index in [4.69, 9.17) is 0 Å². The second kappa shape index (κ2) is 7.60. The lowest BCUT2D eigenvalue weighted by atomic mass is 10.3. The Morgan fingerprint density at radius 3 is 2.52 bits per heavy atom. The van der Waals surface area contributed by atoms with E-state index in [1.54, 1.807) is 49.5 Å². The maximum Gasteiger partial charge on any atom is 0.307 e. The van der Waals surface area contributed by atoms with Crippen LogP contribution in [0.1, 0.15) is 0 Å². The Hall–Kier alpha value is -1.92. The standard InChI is InChI=1S/C17H16IN3O4S2/c1-20-14-8-5-12(9-15(14)26-17(20)23)19-16(22)10-21(27(2,24)25)13-6-3-11(18)4-7-13/h3-9H,10H2,1-2H3,(H,19,22). The maximum atomic E-state index is 12.4. The van der Waals surface area contributed by atoms with Crippen molar-refractivity contribution < 1.29 is 13.2 Å². The van der Waals surface area contributed by atoms with Crippen LogP contribution >= 0.6 is 33.9 Å². The first-order chi connectivity index (χ1) is 12.6. The highest BCUT2D eigenvalue weighted by Crippen LogP contribution is 2.22. The number of anilines is 2. The summed E-state index contributed by atoms with van der Waals surface area (Å²) >= 11 is 3.21. The number of thiazole rings is 1. The van der Waals surface area contributed by atoms with Crippen LogP contribution in [0.2, 0.25) is 0 Å². The van der Waals surface area contributed by atoms with Gasteiger partial charge < -0.3 is 9.88 Å². The number of hydrogen-bond donors (Lipinski definition) is 1. The summed E-state index contributed by atoms with van der Waals surface area (Å²) < 4.78 is 28.6. The van der Waals surface area contributed by atoms with Crippen molar-refractivity contribution >= 4 is 71.4 Å². The molecular formula is C17H16IN3O4S2. The molecule has 1 aromatic heterocycles. The number of nitrogens with one attached hydrogen (secondary N) is 1. The highest BCUT2D eigenvalue weighted by Gasteiger charge is 2.21. The van der Waals surface area contributed by atoms with Crippen molar-refractivity contribution in [1.29, 1.82) is 0 Å². The molecule has 2 aromatic carbocycles. The van der Waals surface area contributed by atoms with Crippen LogP contribution in [0.4, 0.5) is 11.4 Å². The molecule has 1 N–H and O–H groups in total. The van der Waals surface area contributed by atoms with Crippen LogP contribution in [-0.4, -0.2) is 31.7 Å². The zero-order valence-electron chi connectivity index (χ0n) is 14.5. The number of aromatic nitrogens is 1. The van der Waals surface area contributed by atoms with Gasteiger partial charge >= 0.3 is 4.87 Å². The molecule has 0 bridgehead atoms. The van der Waals surface area contributed by atoms with E-state index >= 15 is 0 Å². The van der Waals surface area contributed by atoms with Crippen LogP contribution in [0.25, 0.3) is 10.2 Å². The fourth-order valence-electron chi connectivity index (χ4n) is 2.55. The largest absolute Gasteiger partial charge is 0.324 e. The summed E-state index contributed by atoms with van der Waals surface area (Å²) in [5.41, 5.74) is 1.70. The van der Waals surface area contributed by atoms with Crippen LogP contribution in [0.5, 0.6) is 0 Å². The Bertz CT molecular complexity index is 1170. The van der Waals surface area contributed by atoms with Gasteiger partial charge in [-0.1, -0.05) is 11.3 Å². The Morgan fingerprint density at radius 1 is 1.22 bits per heavy atom. The average molecular weight is 517 g/mol. The molecule has 0 radical (unpaired) electrons. The molecule has 7 nitrogen and oxygen atoms in total. The molecule has 0 fully saturated rings. The van der Waals surface area contributed by atoms with Crippen molar-refractivity contribution in [2.24, 2.45) is 7.05 Å². The number of sulfonamides is 1. The minimum absolute atomic E-state index is 0.0876. The number of carbonyl (C=O) groups excluding carboxylic acids is 1. The number of amides is 1. The summed E-state index contributed by atoms with van der Waals surface area (Å²) in [6.45, 7) is -0.345. The van der Waals surface area contributed by atoms with Crippen molar-refractivity contribution in [3.05, 3.63) is 55.7 Å². The minimum Gasteiger partial charge on any atom is -0.324 e. The number of aryl methyl sites for hydroxylation is 1. The Balaban J connectivity index is 1.82. The first kappa shape index (κ1) is 19.8. The van der Waals surface area contributed by atoms with Gasteiger partial charge in [0.25, 0.3) is 0 Å². The van der Waals surface area contributed by atoms with Crippen LogP contribution in [0.15, 0.2) is 47.3 Å². The zero-order chi connectivity index (χ0) is 19.8. The molecular weight excluding hydrogens is 501 g/mol. The Kier molecular flexibility index (Phi) is 5.58. The lowest BCUT2D eigenvalue weighted by Crippen LogP contribution is -2.37. The highest BCUT2D eigenvalue weighted by molar-refractivity contribution is 14.1. The van der Waals surface area contributed by atoms with Gasteiger partial charge in [-0.25, -0.2) is 8.42 Å². The third-order valence-electron chi connectivity index (χ3n) is 3.88. The monoisotopic (exact) mass is 517 g/mol. The van der Waals surface area contributed by atoms with Gasteiger partial charge in [-0.15, -0.1) is 0 Å².